The van der Waals surface area contributed by atoms with Crippen molar-refractivity contribution >= 4 is 52.0 Å². The molecule has 0 fully saturated rings. The molecule has 2 aromatic rings. The van der Waals surface area contributed by atoms with E-state index in [0.29, 0.717) is 15.2 Å². The average Bonchev–Trinajstić information content (AvgIpc) is 2.64. The van der Waals surface area contributed by atoms with E-state index in [2.05, 4.69) is 4.98 Å². The SMILES string of the molecule is CC(C)n1c(SCC(=O)O)nc2cc(Cl)c(Cl)cc21. The maximum atomic E-state index is 10.7. The maximum Gasteiger partial charge on any atom is 0.313 e. The van der Waals surface area contributed by atoms with Crippen LogP contribution in [0.1, 0.15) is 19.9 Å². The van der Waals surface area contributed by atoms with Gasteiger partial charge in [-0.05, 0) is 26.0 Å². The first-order valence-electron chi connectivity index (χ1n) is 5.61. The van der Waals surface area contributed by atoms with Crippen LogP contribution in [0.2, 0.25) is 10.0 Å². The quantitative estimate of drug-likeness (QED) is 0.862. The second-order valence-electron chi connectivity index (χ2n) is 4.30. The summed E-state index contributed by atoms with van der Waals surface area (Å²) in [5, 5.41) is 10.3. The first kappa shape index (κ1) is 14.5. The van der Waals surface area contributed by atoms with Gasteiger partial charge in [-0.1, -0.05) is 35.0 Å². The van der Waals surface area contributed by atoms with Gasteiger partial charge in [0.25, 0.3) is 0 Å². The van der Waals surface area contributed by atoms with Gasteiger partial charge in [0.2, 0.25) is 0 Å². The molecule has 0 aliphatic carbocycles. The van der Waals surface area contributed by atoms with Gasteiger partial charge in [-0.3, -0.25) is 4.79 Å². The molecule has 0 saturated carbocycles. The monoisotopic (exact) mass is 318 g/mol. The lowest BCUT2D eigenvalue weighted by molar-refractivity contribution is -0.133. The number of aromatic nitrogens is 2. The summed E-state index contributed by atoms with van der Waals surface area (Å²) in [6.07, 6.45) is 0. The lowest BCUT2D eigenvalue weighted by Crippen LogP contribution is -2.05. The van der Waals surface area contributed by atoms with E-state index < -0.39 is 5.97 Å². The lowest BCUT2D eigenvalue weighted by Gasteiger charge is -2.12. The van der Waals surface area contributed by atoms with Crippen LogP contribution in [0.15, 0.2) is 17.3 Å². The number of thioether (sulfide) groups is 1. The van der Waals surface area contributed by atoms with Crippen LogP contribution in [0, 0.1) is 0 Å². The number of nitrogens with zero attached hydrogens (tertiary/aromatic N) is 2. The predicted octanol–water partition coefficient (Wildman–Crippen LogP) is 4.10. The molecule has 0 atom stereocenters. The fourth-order valence-electron chi connectivity index (χ4n) is 1.80. The van der Waals surface area contributed by atoms with Crippen molar-refractivity contribution in [3.05, 3.63) is 22.2 Å². The molecule has 0 saturated heterocycles. The summed E-state index contributed by atoms with van der Waals surface area (Å²) in [6.45, 7) is 4.02. The molecule has 0 radical (unpaired) electrons. The molecule has 0 amide bonds. The first-order chi connectivity index (χ1) is 8.90. The van der Waals surface area contributed by atoms with Crippen molar-refractivity contribution in [1.29, 1.82) is 0 Å². The molecule has 0 aliphatic heterocycles. The second-order valence-corrected chi connectivity index (χ2v) is 6.05. The Morgan fingerprint density at radius 1 is 1.42 bits per heavy atom. The number of fused-ring (bicyclic) bond motifs is 1. The summed E-state index contributed by atoms with van der Waals surface area (Å²) in [5.41, 5.74) is 1.58. The van der Waals surface area contributed by atoms with Gasteiger partial charge >= 0.3 is 5.97 Å². The molecular weight excluding hydrogens is 307 g/mol. The largest absolute Gasteiger partial charge is 0.481 e. The van der Waals surface area contributed by atoms with Gasteiger partial charge in [0.1, 0.15) is 0 Å². The summed E-state index contributed by atoms with van der Waals surface area (Å²) in [4.78, 5) is 15.1. The predicted molar refractivity (Wildman–Crippen MR) is 78.5 cm³/mol. The average molecular weight is 319 g/mol. The van der Waals surface area contributed by atoms with Crippen LogP contribution in [0.3, 0.4) is 0 Å². The molecule has 2 rings (SSSR count). The third-order valence-electron chi connectivity index (χ3n) is 2.54. The molecular formula is C12H12Cl2N2O2S. The highest BCUT2D eigenvalue weighted by Gasteiger charge is 2.16. The van der Waals surface area contributed by atoms with Crippen molar-refractivity contribution in [2.24, 2.45) is 0 Å². The van der Waals surface area contributed by atoms with E-state index in [9.17, 15) is 4.79 Å². The molecule has 7 heteroatoms. The Bertz CT molecular complexity index is 640. The van der Waals surface area contributed by atoms with Gasteiger partial charge < -0.3 is 9.67 Å². The number of hydrogen-bond acceptors (Lipinski definition) is 3. The number of hydrogen-bond donors (Lipinski definition) is 1. The van der Waals surface area contributed by atoms with Crippen LogP contribution in [-0.4, -0.2) is 26.4 Å². The van der Waals surface area contributed by atoms with Gasteiger partial charge in [0.15, 0.2) is 5.16 Å². The fourth-order valence-corrected chi connectivity index (χ4v) is 2.97. The Morgan fingerprint density at radius 2 is 2.05 bits per heavy atom. The number of aliphatic carboxylic acids is 1. The van der Waals surface area contributed by atoms with Crippen molar-refractivity contribution in [3.8, 4) is 0 Å². The van der Waals surface area contributed by atoms with Crippen molar-refractivity contribution in [2.45, 2.75) is 25.0 Å². The summed E-state index contributed by atoms with van der Waals surface area (Å²) in [6, 6.07) is 3.61. The zero-order valence-corrected chi connectivity index (χ0v) is 12.7. The summed E-state index contributed by atoms with van der Waals surface area (Å²) in [7, 11) is 0. The molecule has 0 spiro atoms. The second kappa shape index (κ2) is 5.61. The van der Waals surface area contributed by atoms with E-state index >= 15 is 0 Å². The summed E-state index contributed by atoms with van der Waals surface area (Å²) >= 11 is 13.2. The topological polar surface area (TPSA) is 55.1 Å². The summed E-state index contributed by atoms with van der Waals surface area (Å²) < 4.78 is 1.96. The molecule has 1 aromatic heterocycles. The molecule has 1 heterocycles. The molecule has 0 aliphatic rings. The van der Waals surface area contributed by atoms with Crippen molar-refractivity contribution in [3.63, 3.8) is 0 Å². The Labute approximate surface area is 124 Å². The minimum atomic E-state index is -0.872. The minimum absolute atomic E-state index is 0.0303. The van der Waals surface area contributed by atoms with Crippen LogP contribution in [0.25, 0.3) is 11.0 Å². The minimum Gasteiger partial charge on any atom is -0.481 e. The number of benzene rings is 1. The molecule has 1 N–H and O–H groups in total. The van der Waals surface area contributed by atoms with Crippen LogP contribution in [0.4, 0.5) is 0 Å². The zero-order chi connectivity index (χ0) is 14.2. The Balaban J connectivity index is 2.56. The third-order valence-corrected chi connectivity index (χ3v) is 4.20. The van der Waals surface area contributed by atoms with Gasteiger partial charge in [-0.15, -0.1) is 0 Å². The van der Waals surface area contributed by atoms with Gasteiger partial charge in [-0.25, -0.2) is 4.98 Å². The van der Waals surface area contributed by atoms with Crippen LogP contribution >= 0.6 is 35.0 Å². The standard InChI is InChI=1S/C12H12Cl2N2O2S/c1-6(2)16-10-4-8(14)7(13)3-9(10)15-12(16)19-5-11(17)18/h3-4,6H,5H2,1-2H3,(H,17,18). The number of imidazole rings is 1. The van der Waals surface area contributed by atoms with Crippen molar-refractivity contribution in [1.82, 2.24) is 9.55 Å². The Morgan fingerprint density at radius 3 is 2.63 bits per heavy atom. The number of halogens is 2. The van der Waals surface area contributed by atoms with Gasteiger partial charge in [0.05, 0.1) is 26.8 Å². The highest BCUT2D eigenvalue weighted by molar-refractivity contribution is 7.99. The van der Waals surface area contributed by atoms with Gasteiger partial charge in [0, 0.05) is 6.04 Å². The van der Waals surface area contributed by atoms with E-state index in [4.69, 9.17) is 28.3 Å². The van der Waals surface area contributed by atoms with E-state index in [-0.39, 0.29) is 11.8 Å². The number of rotatable bonds is 4. The molecule has 0 unspecified atom stereocenters. The molecule has 19 heavy (non-hydrogen) atoms. The van der Waals surface area contributed by atoms with Crippen LogP contribution in [0.5, 0.6) is 0 Å². The molecule has 1 aromatic carbocycles. The highest BCUT2D eigenvalue weighted by Crippen LogP contribution is 2.32. The smallest absolute Gasteiger partial charge is 0.313 e. The number of carbonyl (C=O) groups is 1. The van der Waals surface area contributed by atoms with Gasteiger partial charge in [-0.2, -0.15) is 0 Å². The van der Waals surface area contributed by atoms with E-state index in [0.717, 1.165) is 11.0 Å². The number of carboxylic acid groups (broad SMARTS) is 1. The molecule has 102 valence electrons. The lowest BCUT2D eigenvalue weighted by atomic mass is 10.3. The normalized spacial score (nSPS) is 11.4. The van der Waals surface area contributed by atoms with E-state index in [1.165, 1.54) is 11.8 Å². The first-order valence-corrected chi connectivity index (χ1v) is 7.36. The maximum absolute atomic E-state index is 10.7. The van der Waals surface area contributed by atoms with Crippen LogP contribution in [-0.2, 0) is 4.79 Å². The van der Waals surface area contributed by atoms with Crippen LogP contribution < -0.4 is 0 Å². The highest BCUT2D eigenvalue weighted by atomic mass is 35.5. The van der Waals surface area contributed by atoms with Crippen molar-refractivity contribution in [2.75, 3.05) is 5.75 Å². The molecule has 4 nitrogen and oxygen atoms in total. The third kappa shape index (κ3) is 2.99. The molecule has 0 bridgehead atoms. The summed E-state index contributed by atoms with van der Waals surface area (Å²) in [5.74, 6) is -0.902. The van der Waals surface area contributed by atoms with E-state index in [1.54, 1.807) is 12.1 Å². The zero-order valence-electron chi connectivity index (χ0n) is 10.4. The fraction of sp³-hybridized carbons (Fsp3) is 0.333. The Hall–Kier alpha value is -0.910. The van der Waals surface area contributed by atoms with Crippen molar-refractivity contribution < 1.29 is 9.90 Å². The Kier molecular flexibility index (Phi) is 4.28. The van der Waals surface area contributed by atoms with E-state index in [1.807, 2.05) is 18.4 Å². The number of carboxylic acids is 1.